The van der Waals surface area contributed by atoms with Gasteiger partial charge in [0.1, 0.15) is 5.75 Å². The lowest BCUT2D eigenvalue weighted by Gasteiger charge is -2.07. The van der Waals surface area contributed by atoms with Gasteiger partial charge in [0, 0.05) is 23.6 Å². The van der Waals surface area contributed by atoms with Crippen LogP contribution < -0.4 is 10.1 Å². The molecule has 0 fully saturated rings. The summed E-state index contributed by atoms with van der Waals surface area (Å²) in [4.78, 5) is 13.1. The molecule has 0 bridgehead atoms. The molecule has 0 aromatic heterocycles. The van der Waals surface area contributed by atoms with Crippen molar-refractivity contribution in [3.8, 4) is 5.75 Å². The molecular formula is C20H25NO2S. The number of ether oxygens (including phenoxy) is 1. The average Bonchev–Trinajstić information content (AvgIpc) is 2.59. The highest BCUT2D eigenvalue weighted by atomic mass is 32.2. The number of thioether (sulfide) groups is 1. The van der Waals surface area contributed by atoms with Crippen LogP contribution in [0.3, 0.4) is 0 Å². The summed E-state index contributed by atoms with van der Waals surface area (Å²) in [6, 6.07) is 14.4. The van der Waals surface area contributed by atoms with Crippen LogP contribution in [0.25, 0.3) is 0 Å². The molecule has 0 saturated carbocycles. The molecule has 0 spiro atoms. The zero-order valence-corrected chi connectivity index (χ0v) is 15.4. The highest BCUT2D eigenvalue weighted by molar-refractivity contribution is 7.99. The molecule has 0 radical (unpaired) electrons. The fraction of sp³-hybridized carbons (Fsp3) is 0.350. The largest absolute Gasteiger partial charge is 0.497 e. The van der Waals surface area contributed by atoms with E-state index in [-0.39, 0.29) is 5.91 Å². The molecule has 0 heterocycles. The molecule has 2 aromatic rings. The van der Waals surface area contributed by atoms with Crippen LogP contribution in [-0.4, -0.2) is 25.3 Å². The molecule has 0 saturated heterocycles. The second-order valence-corrected chi connectivity index (χ2v) is 6.96. The molecule has 0 aliphatic carbocycles. The molecule has 2 rings (SSSR count). The number of hydrogen-bond donors (Lipinski definition) is 1. The van der Waals surface area contributed by atoms with Gasteiger partial charge in [-0.2, -0.15) is 0 Å². The van der Waals surface area contributed by atoms with Crippen molar-refractivity contribution in [1.29, 1.82) is 0 Å². The third kappa shape index (κ3) is 5.93. The van der Waals surface area contributed by atoms with E-state index in [1.54, 1.807) is 18.9 Å². The summed E-state index contributed by atoms with van der Waals surface area (Å²) < 4.78 is 5.13. The second kappa shape index (κ2) is 9.38. The molecule has 1 amide bonds. The number of rotatable bonds is 8. The van der Waals surface area contributed by atoms with Crippen LogP contribution in [0.5, 0.6) is 5.75 Å². The van der Waals surface area contributed by atoms with Gasteiger partial charge in [-0.25, -0.2) is 0 Å². The van der Waals surface area contributed by atoms with Crippen molar-refractivity contribution in [3.05, 3.63) is 59.2 Å². The fourth-order valence-electron chi connectivity index (χ4n) is 2.29. The number of carbonyl (C=O) groups excluding carboxylic acids is 1. The Morgan fingerprint density at radius 1 is 1.08 bits per heavy atom. The van der Waals surface area contributed by atoms with E-state index < -0.39 is 0 Å². The van der Waals surface area contributed by atoms with E-state index in [1.807, 2.05) is 24.3 Å². The predicted molar refractivity (Wildman–Crippen MR) is 101 cm³/mol. The molecule has 3 nitrogen and oxygen atoms in total. The summed E-state index contributed by atoms with van der Waals surface area (Å²) >= 11 is 1.73. The first-order chi connectivity index (χ1) is 11.6. The Hall–Kier alpha value is -1.94. The van der Waals surface area contributed by atoms with Crippen molar-refractivity contribution >= 4 is 17.7 Å². The summed E-state index contributed by atoms with van der Waals surface area (Å²) in [5.41, 5.74) is 3.79. The van der Waals surface area contributed by atoms with Crippen LogP contribution in [0.2, 0.25) is 0 Å². The van der Waals surface area contributed by atoms with Crippen LogP contribution in [0, 0.1) is 13.8 Å². The van der Waals surface area contributed by atoms with Crippen molar-refractivity contribution < 1.29 is 9.53 Å². The normalized spacial score (nSPS) is 10.5. The highest BCUT2D eigenvalue weighted by Crippen LogP contribution is 2.21. The van der Waals surface area contributed by atoms with Crippen LogP contribution in [0.4, 0.5) is 0 Å². The number of benzene rings is 2. The first kappa shape index (κ1) is 18.4. The summed E-state index contributed by atoms with van der Waals surface area (Å²) in [6.07, 6.45) is 1.38. The summed E-state index contributed by atoms with van der Waals surface area (Å²) in [6.45, 7) is 4.89. The van der Waals surface area contributed by atoms with E-state index in [2.05, 4.69) is 37.4 Å². The number of carbonyl (C=O) groups is 1. The molecular weight excluding hydrogens is 318 g/mol. The molecule has 0 atom stereocenters. The number of amides is 1. The molecule has 128 valence electrons. The Kier molecular flexibility index (Phi) is 7.19. The fourth-order valence-corrected chi connectivity index (χ4v) is 3.24. The molecule has 24 heavy (non-hydrogen) atoms. The minimum Gasteiger partial charge on any atom is -0.497 e. The van der Waals surface area contributed by atoms with Crippen molar-refractivity contribution in [3.63, 3.8) is 0 Å². The van der Waals surface area contributed by atoms with Crippen LogP contribution in [0.1, 0.15) is 23.1 Å². The lowest BCUT2D eigenvalue weighted by Crippen LogP contribution is -2.25. The minimum atomic E-state index is 0.111. The quantitative estimate of drug-likeness (QED) is 0.732. The molecule has 2 aromatic carbocycles. The zero-order valence-electron chi connectivity index (χ0n) is 14.6. The first-order valence-corrected chi connectivity index (χ1v) is 9.16. The summed E-state index contributed by atoms with van der Waals surface area (Å²) in [5, 5.41) is 2.98. The molecule has 1 N–H and O–H groups in total. The second-order valence-electron chi connectivity index (χ2n) is 5.79. The van der Waals surface area contributed by atoms with Gasteiger partial charge in [-0.05, 0) is 61.2 Å². The Morgan fingerprint density at radius 3 is 2.50 bits per heavy atom. The maximum Gasteiger partial charge on any atom is 0.220 e. The number of aryl methyl sites for hydroxylation is 2. The summed E-state index contributed by atoms with van der Waals surface area (Å²) in [7, 11) is 1.66. The Bertz CT molecular complexity index is 668. The third-order valence-electron chi connectivity index (χ3n) is 3.97. The smallest absolute Gasteiger partial charge is 0.220 e. The van der Waals surface area contributed by atoms with Gasteiger partial charge >= 0.3 is 0 Å². The third-order valence-corrected chi connectivity index (χ3v) is 4.97. The lowest BCUT2D eigenvalue weighted by molar-refractivity contribution is -0.120. The van der Waals surface area contributed by atoms with E-state index in [1.165, 1.54) is 21.6 Å². The summed E-state index contributed by atoms with van der Waals surface area (Å²) in [5.74, 6) is 1.77. The maximum atomic E-state index is 11.9. The topological polar surface area (TPSA) is 38.3 Å². The molecule has 0 aliphatic heterocycles. The Morgan fingerprint density at radius 2 is 1.83 bits per heavy atom. The van der Waals surface area contributed by atoms with E-state index in [0.717, 1.165) is 17.9 Å². The van der Waals surface area contributed by atoms with Gasteiger partial charge in [-0.1, -0.05) is 18.2 Å². The maximum absolute atomic E-state index is 11.9. The van der Waals surface area contributed by atoms with Gasteiger partial charge in [0.05, 0.1) is 7.11 Å². The van der Waals surface area contributed by atoms with Gasteiger partial charge in [-0.15, -0.1) is 11.8 Å². The number of nitrogens with one attached hydrogen (secondary N) is 1. The number of methoxy groups -OCH3 is 1. The van der Waals surface area contributed by atoms with Crippen LogP contribution in [0.15, 0.2) is 47.4 Å². The van der Waals surface area contributed by atoms with Crippen molar-refractivity contribution in [2.45, 2.75) is 31.6 Å². The van der Waals surface area contributed by atoms with Crippen molar-refractivity contribution in [1.82, 2.24) is 5.32 Å². The molecule has 0 aliphatic rings. The number of hydrogen-bond acceptors (Lipinski definition) is 3. The monoisotopic (exact) mass is 343 g/mol. The molecule has 4 heteroatoms. The van der Waals surface area contributed by atoms with Crippen molar-refractivity contribution in [2.75, 3.05) is 19.4 Å². The van der Waals surface area contributed by atoms with Gasteiger partial charge in [0.25, 0.3) is 0 Å². The average molecular weight is 343 g/mol. The Labute approximate surface area is 148 Å². The van der Waals surface area contributed by atoms with Gasteiger partial charge in [0.15, 0.2) is 0 Å². The lowest BCUT2D eigenvalue weighted by atomic mass is 10.1. The van der Waals surface area contributed by atoms with Crippen LogP contribution >= 0.6 is 11.8 Å². The first-order valence-electron chi connectivity index (χ1n) is 8.18. The van der Waals surface area contributed by atoms with E-state index >= 15 is 0 Å². The van der Waals surface area contributed by atoms with E-state index in [0.29, 0.717) is 13.0 Å². The predicted octanol–water partition coefficient (Wildman–Crippen LogP) is 4.15. The zero-order chi connectivity index (χ0) is 17.4. The van der Waals surface area contributed by atoms with Gasteiger partial charge < -0.3 is 10.1 Å². The standard InChI is InChI=1S/C20H25NO2S/c1-15-4-9-19(14-16(15)2)24-13-11-20(22)21-12-10-17-5-7-18(23-3)8-6-17/h4-9,14H,10-13H2,1-3H3,(H,21,22). The Balaban J connectivity index is 1.64. The highest BCUT2D eigenvalue weighted by Gasteiger charge is 2.03. The van der Waals surface area contributed by atoms with E-state index in [4.69, 9.17) is 4.74 Å². The van der Waals surface area contributed by atoms with Gasteiger partial charge in [-0.3, -0.25) is 4.79 Å². The van der Waals surface area contributed by atoms with Crippen molar-refractivity contribution in [2.24, 2.45) is 0 Å². The van der Waals surface area contributed by atoms with Crippen LogP contribution in [-0.2, 0) is 11.2 Å². The molecule has 0 unspecified atom stereocenters. The van der Waals surface area contributed by atoms with E-state index in [9.17, 15) is 4.79 Å². The minimum absolute atomic E-state index is 0.111. The SMILES string of the molecule is COc1ccc(CCNC(=O)CCSc2ccc(C)c(C)c2)cc1. The van der Waals surface area contributed by atoms with Gasteiger partial charge in [0.2, 0.25) is 5.91 Å².